The number of rotatable bonds is 7. The summed E-state index contributed by atoms with van der Waals surface area (Å²) in [5.41, 5.74) is 0. The van der Waals surface area contributed by atoms with Crippen molar-refractivity contribution < 1.29 is 14.2 Å². The van der Waals surface area contributed by atoms with E-state index in [0.717, 1.165) is 23.0 Å². The molecule has 3 aromatic carbocycles. The van der Waals surface area contributed by atoms with Gasteiger partial charge in [-0.15, -0.1) is 0 Å². The minimum absolute atomic E-state index is 0.494. The van der Waals surface area contributed by atoms with Crippen LogP contribution in [0.2, 0.25) is 0 Å². The number of hydrogen-bond donors (Lipinski definition) is 0. The Hall–Kier alpha value is -2.94. The molecule has 0 unspecified atom stereocenters. The highest BCUT2D eigenvalue weighted by Gasteiger charge is 1.99. The fourth-order valence-corrected chi connectivity index (χ4v) is 2.06. The highest BCUT2D eigenvalue weighted by atomic mass is 16.5. The van der Waals surface area contributed by atoms with Crippen LogP contribution in [0.5, 0.6) is 23.0 Å². The largest absolute Gasteiger partial charge is 0.490 e. The van der Waals surface area contributed by atoms with Crippen LogP contribution in [0.4, 0.5) is 0 Å². The second-order valence-electron chi connectivity index (χ2n) is 4.90. The van der Waals surface area contributed by atoms with Crippen LogP contribution < -0.4 is 14.2 Å². The molecule has 0 amide bonds. The van der Waals surface area contributed by atoms with Gasteiger partial charge in [0.05, 0.1) is 0 Å². The van der Waals surface area contributed by atoms with Gasteiger partial charge in [0, 0.05) is 0 Å². The van der Waals surface area contributed by atoms with E-state index in [9.17, 15) is 0 Å². The molecule has 3 rings (SSSR count). The van der Waals surface area contributed by atoms with Gasteiger partial charge >= 0.3 is 0 Å². The molecule has 3 heteroatoms. The minimum Gasteiger partial charge on any atom is -0.490 e. The van der Waals surface area contributed by atoms with E-state index in [0.29, 0.717) is 13.2 Å². The van der Waals surface area contributed by atoms with Crippen molar-refractivity contribution in [1.29, 1.82) is 0 Å². The van der Waals surface area contributed by atoms with Crippen molar-refractivity contribution in [3.8, 4) is 23.0 Å². The molecule has 3 aromatic rings. The van der Waals surface area contributed by atoms with Gasteiger partial charge in [0.1, 0.15) is 36.2 Å². The summed E-state index contributed by atoms with van der Waals surface area (Å²) in [6.07, 6.45) is 0. The minimum atomic E-state index is 0.494. The molecule has 0 N–H and O–H groups in total. The van der Waals surface area contributed by atoms with Crippen LogP contribution in [0.1, 0.15) is 0 Å². The molecular formula is C20H18O3. The van der Waals surface area contributed by atoms with Gasteiger partial charge in [-0.2, -0.15) is 0 Å². The molecule has 0 saturated carbocycles. The van der Waals surface area contributed by atoms with Crippen molar-refractivity contribution >= 4 is 0 Å². The van der Waals surface area contributed by atoms with Gasteiger partial charge in [-0.1, -0.05) is 36.4 Å². The Morgan fingerprint density at radius 3 is 1.39 bits per heavy atom. The van der Waals surface area contributed by atoms with Crippen molar-refractivity contribution in [3.63, 3.8) is 0 Å². The van der Waals surface area contributed by atoms with E-state index in [1.165, 1.54) is 0 Å². The van der Waals surface area contributed by atoms with Gasteiger partial charge < -0.3 is 14.2 Å². The first-order valence-corrected chi connectivity index (χ1v) is 7.54. The lowest BCUT2D eigenvalue weighted by molar-refractivity contribution is 0.217. The van der Waals surface area contributed by atoms with Crippen LogP contribution in [0.25, 0.3) is 0 Å². The van der Waals surface area contributed by atoms with E-state index in [4.69, 9.17) is 14.2 Å². The first-order chi connectivity index (χ1) is 11.4. The van der Waals surface area contributed by atoms with Crippen molar-refractivity contribution in [2.75, 3.05) is 13.2 Å². The first-order valence-electron chi connectivity index (χ1n) is 7.54. The zero-order valence-electron chi connectivity index (χ0n) is 12.7. The summed E-state index contributed by atoms with van der Waals surface area (Å²) in [4.78, 5) is 0. The fourth-order valence-electron chi connectivity index (χ4n) is 2.06. The van der Waals surface area contributed by atoms with Crippen LogP contribution in [0.15, 0.2) is 84.9 Å². The third kappa shape index (κ3) is 4.78. The molecule has 0 heterocycles. The molecule has 0 atom stereocenters. The van der Waals surface area contributed by atoms with E-state index < -0.39 is 0 Å². The van der Waals surface area contributed by atoms with Crippen LogP contribution in [-0.4, -0.2) is 13.2 Å². The molecule has 0 bridgehead atoms. The molecular weight excluding hydrogens is 288 g/mol. The molecule has 0 fully saturated rings. The van der Waals surface area contributed by atoms with Gasteiger partial charge in [0.15, 0.2) is 0 Å². The predicted octanol–water partition coefficient (Wildman–Crippen LogP) is 4.94. The van der Waals surface area contributed by atoms with Crippen LogP contribution in [-0.2, 0) is 0 Å². The van der Waals surface area contributed by atoms with Gasteiger partial charge in [-0.05, 0) is 48.5 Å². The number of hydrogen-bond acceptors (Lipinski definition) is 3. The second kappa shape index (κ2) is 7.90. The Morgan fingerprint density at radius 1 is 0.435 bits per heavy atom. The van der Waals surface area contributed by atoms with Crippen molar-refractivity contribution in [3.05, 3.63) is 84.9 Å². The van der Waals surface area contributed by atoms with E-state index in [1.807, 2.05) is 84.9 Å². The van der Waals surface area contributed by atoms with E-state index >= 15 is 0 Å². The van der Waals surface area contributed by atoms with Crippen molar-refractivity contribution in [1.82, 2.24) is 0 Å². The van der Waals surface area contributed by atoms with Gasteiger partial charge in [0.2, 0.25) is 0 Å². The monoisotopic (exact) mass is 306 g/mol. The average Bonchev–Trinajstić information content (AvgIpc) is 2.62. The second-order valence-corrected chi connectivity index (χ2v) is 4.90. The predicted molar refractivity (Wildman–Crippen MR) is 90.4 cm³/mol. The zero-order chi connectivity index (χ0) is 15.7. The normalized spacial score (nSPS) is 10.1. The topological polar surface area (TPSA) is 27.7 Å². The summed E-state index contributed by atoms with van der Waals surface area (Å²) in [5.74, 6) is 3.24. The molecule has 0 aliphatic carbocycles. The molecule has 0 radical (unpaired) electrons. The Balaban J connectivity index is 1.44. The third-order valence-corrected chi connectivity index (χ3v) is 3.17. The van der Waals surface area contributed by atoms with E-state index in [2.05, 4.69) is 0 Å². The fraction of sp³-hybridized carbons (Fsp3) is 0.100. The molecule has 0 aliphatic rings. The average molecular weight is 306 g/mol. The molecule has 0 aromatic heterocycles. The van der Waals surface area contributed by atoms with Gasteiger partial charge in [0.25, 0.3) is 0 Å². The van der Waals surface area contributed by atoms with E-state index in [1.54, 1.807) is 0 Å². The van der Waals surface area contributed by atoms with Crippen molar-refractivity contribution in [2.24, 2.45) is 0 Å². The summed E-state index contributed by atoms with van der Waals surface area (Å²) >= 11 is 0. The first kappa shape index (κ1) is 15.0. The zero-order valence-corrected chi connectivity index (χ0v) is 12.7. The maximum Gasteiger partial charge on any atom is 0.127 e. The molecule has 0 saturated heterocycles. The van der Waals surface area contributed by atoms with Crippen LogP contribution in [0, 0.1) is 0 Å². The summed E-state index contributed by atoms with van der Waals surface area (Å²) in [6, 6.07) is 27.0. The van der Waals surface area contributed by atoms with Crippen LogP contribution in [0.3, 0.4) is 0 Å². The highest BCUT2D eigenvalue weighted by molar-refractivity contribution is 5.35. The lowest BCUT2D eigenvalue weighted by Crippen LogP contribution is -2.08. The Kier molecular flexibility index (Phi) is 5.14. The molecule has 0 aliphatic heterocycles. The third-order valence-electron chi connectivity index (χ3n) is 3.17. The summed E-state index contributed by atoms with van der Waals surface area (Å²) in [6.45, 7) is 1.00. The van der Waals surface area contributed by atoms with Crippen molar-refractivity contribution in [2.45, 2.75) is 0 Å². The summed E-state index contributed by atoms with van der Waals surface area (Å²) in [5, 5.41) is 0. The molecule has 0 spiro atoms. The van der Waals surface area contributed by atoms with E-state index in [-0.39, 0.29) is 0 Å². The van der Waals surface area contributed by atoms with Gasteiger partial charge in [-0.25, -0.2) is 0 Å². The molecule has 3 nitrogen and oxygen atoms in total. The number of benzene rings is 3. The molecule has 23 heavy (non-hydrogen) atoms. The Bertz CT molecular complexity index is 694. The van der Waals surface area contributed by atoms with Crippen LogP contribution >= 0.6 is 0 Å². The number of ether oxygens (including phenoxy) is 3. The summed E-state index contributed by atoms with van der Waals surface area (Å²) in [7, 11) is 0. The smallest absolute Gasteiger partial charge is 0.127 e. The quantitative estimate of drug-likeness (QED) is 0.579. The standard InChI is InChI=1S/C20H18O3/c1-3-7-17(8-4-1)21-15-16-22-18-11-13-20(14-12-18)23-19-9-5-2-6-10-19/h1-14H,15-16H2. The SMILES string of the molecule is c1ccc(OCCOc2ccc(Oc3ccccc3)cc2)cc1. The maximum absolute atomic E-state index is 5.74. The highest BCUT2D eigenvalue weighted by Crippen LogP contribution is 2.23. The molecule has 116 valence electrons. The maximum atomic E-state index is 5.74. The van der Waals surface area contributed by atoms with Gasteiger partial charge in [-0.3, -0.25) is 0 Å². The summed E-state index contributed by atoms with van der Waals surface area (Å²) < 4.78 is 17.0. The number of para-hydroxylation sites is 2. The Morgan fingerprint density at radius 2 is 0.826 bits per heavy atom. The lowest BCUT2D eigenvalue weighted by atomic mass is 10.3. The Labute approximate surface area is 136 Å². The lowest BCUT2D eigenvalue weighted by Gasteiger charge is -2.09.